The maximum absolute atomic E-state index is 13.4. The van der Waals surface area contributed by atoms with Gasteiger partial charge in [-0.2, -0.15) is 18.3 Å². The van der Waals surface area contributed by atoms with Gasteiger partial charge in [-0.15, -0.1) is 0 Å². The van der Waals surface area contributed by atoms with Gasteiger partial charge in [-0.05, 0) is 19.9 Å². The zero-order chi connectivity index (χ0) is 16.5. The Bertz CT molecular complexity index is 692. The van der Waals surface area contributed by atoms with Crippen LogP contribution in [0.4, 0.5) is 13.2 Å². The number of rotatable bonds is 4. The number of benzene rings is 1. The summed E-state index contributed by atoms with van der Waals surface area (Å²) in [5, 5.41) is 3.77. The van der Waals surface area contributed by atoms with Crippen LogP contribution in [-0.4, -0.2) is 22.7 Å². The van der Waals surface area contributed by atoms with Crippen LogP contribution >= 0.6 is 0 Å². The summed E-state index contributed by atoms with van der Waals surface area (Å²) in [4.78, 5) is 11.5. The third-order valence-corrected chi connectivity index (χ3v) is 3.37. The minimum absolute atomic E-state index is 0.233. The lowest BCUT2D eigenvalue weighted by atomic mass is 10.1. The van der Waals surface area contributed by atoms with E-state index in [2.05, 4.69) is 5.10 Å². The molecule has 1 atom stereocenters. The molecule has 0 aliphatic heterocycles. The first-order valence-electron chi connectivity index (χ1n) is 6.55. The molecule has 118 valence electrons. The fourth-order valence-corrected chi connectivity index (χ4v) is 2.21. The molecule has 22 heavy (non-hydrogen) atoms. The van der Waals surface area contributed by atoms with Gasteiger partial charge in [0.1, 0.15) is 0 Å². The predicted octanol–water partition coefficient (Wildman–Crippen LogP) is 3.80. The van der Waals surface area contributed by atoms with Crippen molar-refractivity contribution in [3.8, 4) is 5.69 Å². The Hall–Kier alpha value is -2.15. The monoisotopic (exact) mass is 312 g/mol. The number of Topliss-reactive ketones (excluding diaryl/α,β-unsaturated/α-hetero) is 1. The summed E-state index contributed by atoms with van der Waals surface area (Å²) in [7, 11) is 1.47. The summed E-state index contributed by atoms with van der Waals surface area (Å²) in [6, 6.07) is 6.49. The van der Waals surface area contributed by atoms with E-state index < -0.39 is 29.3 Å². The highest BCUT2D eigenvalue weighted by Crippen LogP contribution is 2.35. The van der Waals surface area contributed by atoms with E-state index in [0.29, 0.717) is 5.56 Å². The molecule has 0 N–H and O–H groups in total. The molecule has 1 aromatic carbocycles. The second kappa shape index (κ2) is 5.92. The zero-order valence-electron chi connectivity index (χ0n) is 12.3. The van der Waals surface area contributed by atoms with Gasteiger partial charge in [-0.1, -0.05) is 18.2 Å². The molecule has 2 rings (SSSR count). The molecule has 0 radical (unpaired) electrons. The Labute approximate surface area is 125 Å². The number of hydrogen-bond acceptors (Lipinski definition) is 3. The highest BCUT2D eigenvalue weighted by molar-refractivity contribution is 5.95. The molecule has 1 aromatic heterocycles. The van der Waals surface area contributed by atoms with Crippen molar-refractivity contribution < 1.29 is 22.7 Å². The summed E-state index contributed by atoms with van der Waals surface area (Å²) in [5.41, 5.74) is -0.742. The molecule has 0 saturated heterocycles. The average Bonchev–Trinajstić information content (AvgIpc) is 2.91. The molecule has 0 fully saturated rings. The van der Waals surface area contributed by atoms with Crippen LogP contribution in [0.25, 0.3) is 5.69 Å². The number of carbonyl (C=O) groups excluding carboxylic acids is 1. The Morgan fingerprint density at radius 1 is 1.32 bits per heavy atom. The number of aromatic nitrogens is 2. The number of carbonyl (C=O) groups is 1. The first kappa shape index (κ1) is 16.2. The molecule has 1 unspecified atom stereocenters. The summed E-state index contributed by atoms with van der Waals surface area (Å²) in [6.07, 6.45) is -4.16. The lowest BCUT2D eigenvalue weighted by Crippen LogP contribution is -2.18. The van der Waals surface area contributed by atoms with E-state index in [1.54, 1.807) is 25.1 Å². The predicted molar refractivity (Wildman–Crippen MR) is 74.0 cm³/mol. The zero-order valence-corrected chi connectivity index (χ0v) is 12.3. The van der Waals surface area contributed by atoms with E-state index in [1.165, 1.54) is 13.2 Å². The quantitative estimate of drug-likeness (QED) is 0.807. The highest BCUT2D eigenvalue weighted by atomic mass is 19.4. The van der Waals surface area contributed by atoms with Gasteiger partial charge in [0.15, 0.2) is 11.5 Å². The molecule has 0 saturated carbocycles. The van der Waals surface area contributed by atoms with Crippen LogP contribution in [-0.2, 0) is 10.9 Å². The van der Waals surface area contributed by atoms with Crippen molar-refractivity contribution >= 4 is 5.78 Å². The first-order chi connectivity index (χ1) is 10.3. The minimum Gasteiger partial charge on any atom is -0.377 e. The van der Waals surface area contributed by atoms with Crippen LogP contribution in [0, 0.1) is 0 Å². The average molecular weight is 312 g/mol. The van der Waals surface area contributed by atoms with E-state index in [-0.39, 0.29) is 5.69 Å². The molecular formula is C15H15F3N2O2. The molecule has 0 spiro atoms. The van der Waals surface area contributed by atoms with Gasteiger partial charge < -0.3 is 4.74 Å². The summed E-state index contributed by atoms with van der Waals surface area (Å²) in [6.45, 7) is 2.81. The SMILES string of the molecule is COC(C)c1ccccc1-n1ncc(C(C)=O)c1C(F)(F)F. The van der Waals surface area contributed by atoms with Crippen LogP contribution in [0.2, 0.25) is 0 Å². The van der Waals surface area contributed by atoms with Gasteiger partial charge in [0, 0.05) is 12.7 Å². The van der Waals surface area contributed by atoms with Crippen LogP contribution in [0.1, 0.15) is 41.6 Å². The van der Waals surface area contributed by atoms with Crippen LogP contribution in [0.15, 0.2) is 30.5 Å². The lowest BCUT2D eigenvalue weighted by Gasteiger charge is -2.18. The van der Waals surface area contributed by atoms with Gasteiger partial charge in [-0.3, -0.25) is 4.79 Å². The van der Waals surface area contributed by atoms with Crippen molar-refractivity contribution in [1.29, 1.82) is 0 Å². The van der Waals surface area contributed by atoms with Crippen molar-refractivity contribution in [2.75, 3.05) is 7.11 Å². The Morgan fingerprint density at radius 3 is 2.50 bits per heavy atom. The van der Waals surface area contributed by atoms with Gasteiger partial charge >= 0.3 is 6.18 Å². The normalized spacial score (nSPS) is 13.2. The number of hydrogen-bond donors (Lipinski definition) is 0. The summed E-state index contributed by atoms with van der Waals surface area (Å²) >= 11 is 0. The van der Waals surface area contributed by atoms with Crippen LogP contribution in [0.3, 0.4) is 0 Å². The number of alkyl halides is 3. The fourth-order valence-electron chi connectivity index (χ4n) is 2.21. The maximum Gasteiger partial charge on any atom is 0.434 e. The van der Waals surface area contributed by atoms with Crippen LogP contribution in [0.5, 0.6) is 0 Å². The van der Waals surface area contributed by atoms with Crippen LogP contribution < -0.4 is 0 Å². The maximum atomic E-state index is 13.4. The number of ketones is 1. The molecule has 7 heteroatoms. The van der Waals surface area contributed by atoms with E-state index >= 15 is 0 Å². The van der Waals surface area contributed by atoms with Crippen molar-refractivity contribution in [2.24, 2.45) is 0 Å². The molecule has 4 nitrogen and oxygen atoms in total. The number of methoxy groups -OCH3 is 1. The van der Waals surface area contributed by atoms with Gasteiger partial charge in [0.05, 0.1) is 23.6 Å². The third-order valence-electron chi connectivity index (χ3n) is 3.37. The minimum atomic E-state index is -4.69. The second-order valence-corrected chi connectivity index (χ2v) is 4.81. The largest absolute Gasteiger partial charge is 0.434 e. The molecular weight excluding hydrogens is 297 g/mol. The van der Waals surface area contributed by atoms with E-state index in [4.69, 9.17) is 4.74 Å². The van der Waals surface area contributed by atoms with E-state index in [9.17, 15) is 18.0 Å². The summed E-state index contributed by atoms with van der Waals surface area (Å²) < 4.78 is 46.0. The van der Waals surface area contributed by atoms with E-state index in [1.807, 2.05) is 0 Å². The second-order valence-electron chi connectivity index (χ2n) is 4.81. The van der Waals surface area contributed by atoms with E-state index in [0.717, 1.165) is 17.8 Å². The number of para-hydroxylation sites is 1. The smallest absolute Gasteiger partial charge is 0.377 e. The van der Waals surface area contributed by atoms with Crippen molar-refractivity contribution in [3.63, 3.8) is 0 Å². The van der Waals surface area contributed by atoms with Gasteiger partial charge in [0.2, 0.25) is 0 Å². The molecule has 0 aliphatic rings. The molecule has 0 aliphatic carbocycles. The summed E-state index contributed by atoms with van der Waals surface area (Å²) in [5.74, 6) is -0.684. The number of ether oxygens (including phenoxy) is 1. The molecule has 0 amide bonds. The van der Waals surface area contributed by atoms with Gasteiger partial charge in [0.25, 0.3) is 0 Å². The van der Waals surface area contributed by atoms with Gasteiger partial charge in [-0.25, -0.2) is 4.68 Å². The number of nitrogens with zero attached hydrogens (tertiary/aromatic N) is 2. The third kappa shape index (κ3) is 2.89. The Kier molecular flexibility index (Phi) is 4.37. The standard InChI is InChI=1S/C15H15F3N2O2/c1-9(21)12-8-19-20(14(12)15(16,17)18)13-7-5-4-6-11(13)10(2)22-3/h4-8,10H,1-3H3. The molecule has 1 heterocycles. The number of halogens is 3. The lowest BCUT2D eigenvalue weighted by molar-refractivity contribution is -0.143. The van der Waals surface area contributed by atoms with Crippen molar-refractivity contribution in [2.45, 2.75) is 26.1 Å². The Balaban J connectivity index is 2.72. The van der Waals surface area contributed by atoms with Crippen molar-refractivity contribution in [3.05, 3.63) is 47.3 Å². The van der Waals surface area contributed by atoms with Crippen molar-refractivity contribution in [1.82, 2.24) is 9.78 Å². The first-order valence-corrected chi connectivity index (χ1v) is 6.55. The molecule has 0 bridgehead atoms. The Morgan fingerprint density at radius 2 is 1.95 bits per heavy atom. The highest BCUT2D eigenvalue weighted by Gasteiger charge is 2.40. The fraction of sp³-hybridized carbons (Fsp3) is 0.333. The molecule has 2 aromatic rings. The topological polar surface area (TPSA) is 44.1 Å².